The molecule has 0 spiro atoms. The summed E-state index contributed by atoms with van der Waals surface area (Å²) in [6.07, 6.45) is 0. The number of hydrogen-bond acceptors (Lipinski definition) is 4. The number of ether oxygens (including phenoxy) is 1. The van der Waals surface area contributed by atoms with E-state index in [4.69, 9.17) is 10.7 Å². The molecule has 1 heterocycles. The quantitative estimate of drug-likeness (QED) is 0.611. The zero-order valence-electron chi connectivity index (χ0n) is 9.00. The van der Waals surface area contributed by atoms with Gasteiger partial charge in [0.15, 0.2) is 10.0 Å². The Morgan fingerprint density at radius 2 is 2.07 bits per heavy atom. The van der Waals surface area contributed by atoms with E-state index in [2.05, 4.69) is 4.74 Å². The fourth-order valence-corrected chi connectivity index (χ4v) is 3.14. The van der Waals surface area contributed by atoms with Gasteiger partial charge in [0.25, 0.3) is 0 Å². The molecule has 15 heavy (non-hydrogen) atoms. The molecular weight excluding hydrogens is 256 g/mol. The molecule has 0 radical (unpaired) electrons. The number of carbonyl (C=O) groups is 1. The molecular formula is C9H13ClO3S2. The Hall–Kier alpha value is -0.390. The normalized spacial score (nSPS) is 11.3. The standard InChI is InChI=1S/C7H7ClO3S2.C2H6/c1-4-3-5(6(9)11-2)12-7(4)13(8)10;1-2/h3H,1-2H3;1-2H3. The van der Waals surface area contributed by atoms with Gasteiger partial charge in [0.2, 0.25) is 0 Å². The SMILES string of the molecule is CC.COC(=O)c1cc(C)c(S(=O)Cl)s1. The molecule has 0 bridgehead atoms. The highest BCUT2D eigenvalue weighted by molar-refractivity contribution is 8.09. The zero-order chi connectivity index (χ0) is 12.0. The number of rotatable bonds is 2. The Balaban J connectivity index is 0.000000921. The molecule has 0 saturated heterocycles. The van der Waals surface area contributed by atoms with Crippen LogP contribution >= 0.6 is 22.0 Å². The number of halogens is 1. The molecule has 0 N–H and O–H groups in total. The average Bonchev–Trinajstić information content (AvgIpc) is 2.62. The zero-order valence-corrected chi connectivity index (χ0v) is 11.4. The third-order valence-electron chi connectivity index (χ3n) is 1.40. The lowest BCUT2D eigenvalue weighted by Gasteiger charge is -1.91. The number of hydrogen-bond donors (Lipinski definition) is 0. The van der Waals surface area contributed by atoms with Crippen molar-refractivity contribution in [3.05, 3.63) is 16.5 Å². The van der Waals surface area contributed by atoms with E-state index >= 15 is 0 Å². The van der Waals surface area contributed by atoms with Crippen LogP contribution in [0.5, 0.6) is 0 Å². The lowest BCUT2D eigenvalue weighted by atomic mass is 10.3. The molecule has 0 aliphatic heterocycles. The summed E-state index contributed by atoms with van der Waals surface area (Å²) >= 11 is 1.09. The summed E-state index contributed by atoms with van der Waals surface area (Å²) in [6, 6.07) is 1.62. The number of carbonyl (C=O) groups excluding carboxylic acids is 1. The van der Waals surface area contributed by atoms with E-state index in [1.165, 1.54) is 7.11 Å². The highest BCUT2D eigenvalue weighted by Crippen LogP contribution is 2.27. The summed E-state index contributed by atoms with van der Waals surface area (Å²) in [5.74, 6) is -0.429. The van der Waals surface area contributed by atoms with E-state index in [9.17, 15) is 9.00 Å². The van der Waals surface area contributed by atoms with Crippen LogP contribution in [-0.2, 0) is 14.7 Å². The van der Waals surface area contributed by atoms with Gasteiger partial charge in [-0.1, -0.05) is 13.8 Å². The maximum Gasteiger partial charge on any atom is 0.348 e. The highest BCUT2D eigenvalue weighted by Gasteiger charge is 2.15. The van der Waals surface area contributed by atoms with Crippen LogP contribution < -0.4 is 0 Å². The van der Waals surface area contributed by atoms with Crippen LogP contribution in [0.15, 0.2) is 10.3 Å². The Bertz CT molecular complexity index is 360. The first-order chi connectivity index (χ1) is 7.06. The number of methoxy groups -OCH3 is 1. The van der Waals surface area contributed by atoms with Crippen LogP contribution in [0.4, 0.5) is 0 Å². The average molecular weight is 269 g/mol. The van der Waals surface area contributed by atoms with Crippen molar-refractivity contribution < 1.29 is 13.7 Å². The Kier molecular flexibility index (Phi) is 6.80. The summed E-state index contributed by atoms with van der Waals surface area (Å²) in [5.41, 5.74) is 0.749. The third kappa shape index (κ3) is 3.93. The van der Waals surface area contributed by atoms with Gasteiger partial charge < -0.3 is 4.74 Å². The molecule has 6 heteroatoms. The molecule has 1 aromatic heterocycles. The van der Waals surface area contributed by atoms with Gasteiger partial charge in [-0.15, -0.1) is 11.3 Å². The second-order valence-electron chi connectivity index (χ2n) is 2.30. The minimum atomic E-state index is -1.56. The summed E-state index contributed by atoms with van der Waals surface area (Å²) < 4.78 is 15.9. The van der Waals surface area contributed by atoms with Crippen molar-refractivity contribution in [1.82, 2.24) is 0 Å². The van der Waals surface area contributed by atoms with Crippen LogP contribution in [0, 0.1) is 6.92 Å². The summed E-state index contributed by atoms with van der Waals surface area (Å²) in [7, 11) is 5.15. The van der Waals surface area contributed by atoms with Crippen LogP contribution in [0.3, 0.4) is 0 Å². The minimum Gasteiger partial charge on any atom is -0.465 e. The molecule has 0 aromatic carbocycles. The lowest BCUT2D eigenvalue weighted by molar-refractivity contribution is 0.0606. The van der Waals surface area contributed by atoms with Crippen LogP contribution in [-0.4, -0.2) is 17.3 Å². The van der Waals surface area contributed by atoms with E-state index in [1.54, 1.807) is 13.0 Å². The number of thiophene rings is 1. The second kappa shape index (κ2) is 6.98. The Morgan fingerprint density at radius 3 is 2.40 bits per heavy atom. The Labute approximate surface area is 100 Å². The van der Waals surface area contributed by atoms with Crippen molar-refractivity contribution in [2.24, 2.45) is 0 Å². The number of aryl methyl sites for hydroxylation is 1. The van der Waals surface area contributed by atoms with Crippen molar-refractivity contribution >= 4 is 38.0 Å². The minimum absolute atomic E-state index is 0.420. The van der Waals surface area contributed by atoms with Crippen molar-refractivity contribution in [1.29, 1.82) is 0 Å². The molecule has 1 rings (SSSR count). The molecule has 0 fully saturated rings. The van der Waals surface area contributed by atoms with Crippen LogP contribution in [0.1, 0.15) is 29.1 Å². The van der Waals surface area contributed by atoms with Crippen molar-refractivity contribution in [3.8, 4) is 0 Å². The first-order valence-corrected chi connectivity index (χ1v) is 7.12. The first kappa shape index (κ1) is 14.6. The molecule has 0 aliphatic rings. The highest BCUT2D eigenvalue weighted by atomic mass is 35.7. The van der Waals surface area contributed by atoms with Gasteiger partial charge in [0.05, 0.1) is 7.11 Å². The molecule has 86 valence electrons. The molecule has 0 saturated carbocycles. The monoisotopic (exact) mass is 268 g/mol. The van der Waals surface area contributed by atoms with Gasteiger partial charge in [-0.05, 0) is 29.2 Å². The van der Waals surface area contributed by atoms with Crippen LogP contribution in [0.2, 0.25) is 0 Å². The van der Waals surface area contributed by atoms with Gasteiger partial charge in [-0.2, -0.15) is 0 Å². The van der Waals surface area contributed by atoms with E-state index in [-0.39, 0.29) is 0 Å². The molecule has 0 amide bonds. The van der Waals surface area contributed by atoms with Crippen molar-refractivity contribution in [3.63, 3.8) is 0 Å². The van der Waals surface area contributed by atoms with E-state index < -0.39 is 16.0 Å². The largest absolute Gasteiger partial charge is 0.465 e. The second-order valence-corrected chi connectivity index (χ2v) is 5.30. The van der Waals surface area contributed by atoms with E-state index in [1.807, 2.05) is 13.8 Å². The van der Waals surface area contributed by atoms with Gasteiger partial charge in [-0.25, -0.2) is 9.00 Å². The number of esters is 1. The predicted octanol–water partition coefficient (Wildman–Crippen LogP) is 3.13. The van der Waals surface area contributed by atoms with Gasteiger partial charge in [0, 0.05) is 0 Å². The third-order valence-corrected chi connectivity index (χ3v) is 4.47. The molecule has 0 aliphatic carbocycles. The summed E-state index contributed by atoms with van der Waals surface area (Å²) in [5, 5.41) is 0. The topological polar surface area (TPSA) is 43.4 Å². The van der Waals surface area contributed by atoms with Crippen LogP contribution in [0.25, 0.3) is 0 Å². The fourth-order valence-electron chi connectivity index (χ4n) is 0.826. The molecule has 1 aromatic rings. The summed E-state index contributed by atoms with van der Waals surface area (Å²) in [4.78, 5) is 11.5. The van der Waals surface area contributed by atoms with Crippen molar-refractivity contribution in [2.75, 3.05) is 7.11 Å². The Morgan fingerprint density at radius 1 is 1.53 bits per heavy atom. The predicted molar refractivity (Wildman–Crippen MR) is 64.0 cm³/mol. The molecule has 3 nitrogen and oxygen atoms in total. The van der Waals surface area contributed by atoms with Gasteiger partial charge in [-0.3, -0.25) is 0 Å². The maximum atomic E-state index is 11.0. The van der Waals surface area contributed by atoms with Crippen molar-refractivity contribution in [2.45, 2.75) is 25.0 Å². The van der Waals surface area contributed by atoms with E-state index in [0.29, 0.717) is 9.09 Å². The lowest BCUT2D eigenvalue weighted by Crippen LogP contribution is -1.96. The molecule has 1 unspecified atom stereocenters. The first-order valence-electron chi connectivity index (χ1n) is 4.33. The van der Waals surface area contributed by atoms with E-state index in [0.717, 1.165) is 16.9 Å². The molecule has 1 atom stereocenters. The van der Waals surface area contributed by atoms with Gasteiger partial charge in [0.1, 0.15) is 9.09 Å². The van der Waals surface area contributed by atoms with Gasteiger partial charge >= 0.3 is 5.97 Å². The maximum absolute atomic E-state index is 11.0. The smallest absolute Gasteiger partial charge is 0.348 e. The fraction of sp³-hybridized carbons (Fsp3) is 0.444. The summed E-state index contributed by atoms with van der Waals surface area (Å²) in [6.45, 7) is 5.75.